The molecule has 116 valence electrons. The number of hydrogen-bond acceptors (Lipinski definition) is 2. The minimum Gasteiger partial charge on any atom is -0.343 e. The number of hydrogen-bond donors (Lipinski definition) is 1. The van der Waals surface area contributed by atoms with Gasteiger partial charge in [0.15, 0.2) is 0 Å². The molecule has 0 aromatic heterocycles. The first-order chi connectivity index (χ1) is 10.2. The van der Waals surface area contributed by atoms with E-state index in [1.807, 2.05) is 11.0 Å². The van der Waals surface area contributed by atoms with Crippen molar-refractivity contribution < 1.29 is 13.6 Å². The number of alkyl halides is 2. The monoisotopic (exact) mass is 296 g/mol. The summed E-state index contributed by atoms with van der Waals surface area (Å²) < 4.78 is 25.2. The van der Waals surface area contributed by atoms with Crippen LogP contribution in [0.5, 0.6) is 0 Å². The molecule has 1 amide bonds. The summed E-state index contributed by atoms with van der Waals surface area (Å²) in [6.45, 7) is 2.83. The fourth-order valence-corrected chi connectivity index (χ4v) is 2.57. The molecule has 21 heavy (non-hydrogen) atoms. The van der Waals surface area contributed by atoms with Crippen LogP contribution in [0.2, 0.25) is 0 Å². The SMILES string of the molecule is O=C(CCNCc1cccc(C(F)F)c1)N1CCCCC1. The van der Waals surface area contributed by atoms with Crippen molar-refractivity contribution in [3.05, 3.63) is 35.4 Å². The number of piperidine rings is 1. The van der Waals surface area contributed by atoms with Gasteiger partial charge < -0.3 is 10.2 Å². The third-order valence-corrected chi connectivity index (χ3v) is 3.76. The van der Waals surface area contributed by atoms with E-state index in [0.717, 1.165) is 31.5 Å². The summed E-state index contributed by atoms with van der Waals surface area (Å²) in [5, 5.41) is 3.15. The van der Waals surface area contributed by atoms with Crippen LogP contribution in [0.3, 0.4) is 0 Å². The zero-order valence-corrected chi connectivity index (χ0v) is 12.2. The molecule has 5 heteroatoms. The third-order valence-electron chi connectivity index (χ3n) is 3.76. The maximum atomic E-state index is 12.6. The first-order valence-electron chi connectivity index (χ1n) is 7.52. The number of carbonyl (C=O) groups is 1. The van der Waals surface area contributed by atoms with E-state index in [1.54, 1.807) is 6.07 Å². The maximum absolute atomic E-state index is 12.6. The van der Waals surface area contributed by atoms with Gasteiger partial charge >= 0.3 is 0 Å². The molecule has 1 aliphatic rings. The van der Waals surface area contributed by atoms with Crippen molar-refractivity contribution in [1.29, 1.82) is 0 Å². The van der Waals surface area contributed by atoms with E-state index in [4.69, 9.17) is 0 Å². The molecule has 1 heterocycles. The number of halogens is 2. The topological polar surface area (TPSA) is 32.3 Å². The number of rotatable bonds is 6. The Balaban J connectivity index is 1.69. The fraction of sp³-hybridized carbons (Fsp3) is 0.562. The smallest absolute Gasteiger partial charge is 0.263 e. The lowest BCUT2D eigenvalue weighted by Gasteiger charge is -2.26. The summed E-state index contributed by atoms with van der Waals surface area (Å²) in [4.78, 5) is 13.9. The molecule has 0 radical (unpaired) electrons. The average Bonchev–Trinajstić information content (AvgIpc) is 2.52. The van der Waals surface area contributed by atoms with E-state index in [0.29, 0.717) is 19.5 Å². The van der Waals surface area contributed by atoms with Gasteiger partial charge in [0.25, 0.3) is 6.43 Å². The van der Waals surface area contributed by atoms with Gasteiger partial charge in [-0.3, -0.25) is 4.79 Å². The minimum atomic E-state index is -2.44. The third kappa shape index (κ3) is 5.08. The maximum Gasteiger partial charge on any atom is 0.263 e. The standard InChI is InChI=1S/C16H22F2N2O/c17-16(18)14-6-4-5-13(11-14)12-19-8-7-15(21)20-9-2-1-3-10-20/h4-6,11,16,19H,1-3,7-10,12H2. The van der Waals surface area contributed by atoms with Crippen LogP contribution in [-0.2, 0) is 11.3 Å². The molecule has 0 unspecified atom stereocenters. The largest absolute Gasteiger partial charge is 0.343 e. The zero-order chi connectivity index (χ0) is 15.1. The quantitative estimate of drug-likeness (QED) is 0.818. The Bertz CT molecular complexity index is 459. The molecule has 1 aromatic rings. The van der Waals surface area contributed by atoms with Crippen molar-refractivity contribution in [3.8, 4) is 0 Å². The molecule has 0 aliphatic carbocycles. The number of benzene rings is 1. The van der Waals surface area contributed by atoms with Crippen molar-refractivity contribution in [3.63, 3.8) is 0 Å². The lowest BCUT2D eigenvalue weighted by molar-refractivity contribution is -0.131. The molecule has 3 nitrogen and oxygen atoms in total. The predicted octanol–water partition coefficient (Wildman–Crippen LogP) is 3.12. The highest BCUT2D eigenvalue weighted by Crippen LogP contribution is 2.19. The molecular formula is C16H22F2N2O. The lowest BCUT2D eigenvalue weighted by Crippen LogP contribution is -2.37. The average molecular weight is 296 g/mol. The van der Waals surface area contributed by atoms with Crippen molar-refractivity contribution in [1.82, 2.24) is 10.2 Å². The summed E-state index contributed by atoms with van der Waals surface area (Å²) >= 11 is 0. The van der Waals surface area contributed by atoms with Gasteiger partial charge in [0.2, 0.25) is 5.91 Å². The molecule has 1 aliphatic heterocycles. The van der Waals surface area contributed by atoms with Crippen LogP contribution < -0.4 is 5.32 Å². The minimum absolute atomic E-state index is 0.0405. The zero-order valence-electron chi connectivity index (χ0n) is 12.2. The van der Waals surface area contributed by atoms with Gasteiger partial charge in [0.05, 0.1) is 0 Å². The summed E-state index contributed by atoms with van der Waals surface area (Å²) in [5.74, 6) is 0.184. The number of nitrogens with zero attached hydrogens (tertiary/aromatic N) is 1. The van der Waals surface area contributed by atoms with Crippen LogP contribution in [0.25, 0.3) is 0 Å². The van der Waals surface area contributed by atoms with E-state index in [-0.39, 0.29) is 11.5 Å². The molecule has 2 rings (SSSR count). The van der Waals surface area contributed by atoms with Crippen molar-refractivity contribution in [2.24, 2.45) is 0 Å². The predicted molar refractivity (Wildman–Crippen MR) is 78.2 cm³/mol. The summed E-state index contributed by atoms with van der Waals surface area (Å²) in [7, 11) is 0. The molecule has 1 aromatic carbocycles. The van der Waals surface area contributed by atoms with Crippen molar-refractivity contribution in [2.75, 3.05) is 19.6 Å². The van der Waals surface area contributed by atoms with Gasteiger partial charge in [-0.1, -0.05) is 18.2 Å². The molecule has 1 fully saturated rings. The highest BCUT2D eigenvalue weighted by Gasteiger charge is 2.15. The van der Waals surface area contributed by atoms with Crippen LogP contribution in [0.15, 0.2) is 24.3 Å². The molecule has 1 saturated heterocycles. The Kier molecular flexibility index (Phi) is 6.11. The number of amides is 1. The van der Waals surface area contributed by atoms with Gasteiger partial charge in [0, 0.05) is 38.2 Å². The molecule has 1 N–H and O–H groups in total. The Morgan fingerprint density at radius 2 is 2.00 bits per heavy atom. The van der Waals surface area contributed by atoms with Gasteiger partial charge in [0.1, 0.15) is 0 Å². The second-order valence-corrected chi connectivity index (χ2v) is 5.41. The Hall–Kier alpha value is -1.49. The van der Waals surface area contributed by atoms with Crippen molar-refractivity contribution >= 4 is 5.91 Å². The highest BCUT2D eigenvalue weighted by atomic mass is 19.3. The highest BCUT2D eigenvalue weighted by molar-refractivity contribution is 5.76. The number of carbonyl (C=O) groups excluding carboxylic acids is 1. The lowest BCUT2D eigenvalue weighted by atomic mass is 10.1. The van der Waals surface area contributed by atoms with E-state index in [1.165, 1.54) is 18.6 Å². The molecule has 0 spiro atoms. The van der Waals surface area contributed by atoms with Crippen LogP contribution in [0.4, 0.5) is 8.78 Å². The second-order valence-electron chi connectivity index (χ2n) is 5.41. The van der Waals surface area contributed by atoms with Gasteiger partial charge in [-0.2, -0.15) is 0 Å². The Morgan fingerprint density at radius 3 is 2.71 bits per heavy atom. The molecule has 0 atom stereocenters. The first kappa shape index (κ1) is 15.9. The van der Waals surface area contributed by atoms with Gasteiger partial charge in [-0.25, -0.2) is 8.78 Å². The van der Waals surface area contributed by atoms with E-state index < -0.39 is 6.43 Å². The van der Waals surface area contributed by atoms with Crippen LogP contribution in [0.1, 0.15) is 43.2 Å². The van der Waals surface area contributed by atoms with Gasteiger partial charge in [-0.05, 0) is 30.9 Å². The Morgan fingerprint density at radius 1 is 1.24 bits per heavy atom. The van der Waals surface area contributed by atoms with E-state index in [2.05, 4.69) is 5.32 Å². The molecular weight excluding hydrogens is 274 g/mol. The van der Waals surface area contributed by atoms with E-state index >= 15 is 0 Å². The van der Waals surface area contributed by atoms with Crippen molar-refractivity contribution in [2.45, 2.75) is 38.7 Å². The summed E-state index contributed by atoms with van der Waals surface area (Å²) in [5.41, 5.74) is 0.858. The van der Waals surface area contributed by atoms with Crippen LogP contribution in [-0.4, -0.2) is 30.4 Å². The second kappa shape index (κ2) is 8.08. The number of likely N-dealkylation sites (tertiary alicyclic amines) is 1. The van der Waals surface area contributed by atoms with Gasteiger partial charge in [-0.15, -0.1) is 0 Å². The summed E-state index contributed by atoms with van der Waals surface area (Å²) in [6.07, 6.45) is 1.43. The van der Waals surface area contributed by atoms with Crippen LogP contribution >= 0.6 is 0 Å². The fourth-order valence-electron chi connectivity index (χ4n) is 2.57. The molecule has 0 saturated carbocycles. The number of nitrogens with one attached hydrogen (secondary N) is 1. The van der Waals surface area contributed by atoms with Crippen LogP contribution in [0, 0.1) is 0 Å². The normalized spacial score (nSPS) is 15.5. The van der Waals surface area contributed by atoms with E-state index in [9.17, 15) is 13.6 Å². The Labute approximate surface area is 124 Å². The molecule has 0 bridgehead atoms. The first-order valence-corrected chi connectivity index (χ1v) is 7.52. The summed E-state index contributed by atoms with van der Waals surface area (Å²) in [6, 6.07) is 6.38.